The van der Waals surface area contributed by atoms with Gasteiger partial charge in [-0.15, -0.1) is 0 Å². The zero-order valence-corrected chi connectivity index (χ0v) is 11.4. The van der Waals surface area contributed by atoms with E-state index >= 15 is 0 Å². The summed E-state index contributed by atoms with van der Waals surface area (Å²) < 4.78 is 0. The molecule has 100 valence electrons. The van der Waals surface area contributed by atoms with Crippen molar-refractivity contribution in [3.63, 3.8) is 0 Å². The first-order chi connectivity index (χ1) is 8.54. The highest BCUT2D eigenvalue weighted by Gasteiger charge is 2.18. The van der Waals surface area contributed by atoms with Crippen LogP contribution in [0.1, 0.15) is 37.8 Å². The molecule has 0 bridgehead atoms. The standard InChI is InChI=1S/C15H23NO2/c1-4-7-14(15(17)18)16-12(3)10-13-9-6-5-8-11(13)2/h5-6,8-9,12,14,16H,4,7,10H2,1-3H3,(H,17,18). The van der Waals surface area contributed by atoms with Crippen molar-refractivity contribution in [2.75, 3.05) is 0 Å². The van der Waals surface area contributed by atoms with E-state index in [2.05, 4.69) is 24.4 Å². The molecule has 1 rings (SSSR count). The molecule has 0 aliphatic heterocycles. The molecule has 0 amide bonds. The van der Waals surface area contributed by atoms with Crippen LogP contribution in [0.15, 0.2) is 24.3 Å². The van der Waals surface area contributed by atoms with E-state index in [4.69, 9.17) is 5.11 Å². The number of hydrogen-bond donors (Lipinski definition) is 2. The Kier molecular flexibility index (Phi) is 5.86. The van der Waals surface area contributed by atoms with Gasteiger partial charge < -0.3 is 10.4 Å². The summed E-state index contributed by atoms with van der Waals surface area (Å²) in [5, 5.41) is 12.3. The van der Waals surface area contributed by atoms with Gasteiger partial charge in [0.1, 0.15) is 6.04 Å². The van der Waals surface area contributed by atoms with Crippen molar-refractivity contribution in [1.29, 1.82) is 0 Å². The number of nitrogens with one attached hydrogen (secondary N) is 1. The smallest absolute Gasteiger partial charge is 0.320 e. The van der Waals surface area contributed by atoms with Crippen LogP contribution in [0.2, 0.25) is 0 Å². The van der Waals surface area contributed by atoms with Crippen LogP contribution in [0.4, 0.5) is 0 Å². The number of hydrogen-bond acceptors (Lipinski definition) is 2. The monoisotopic (exact) mass is 249 g/mol. The van der Waals surface area contributed by atoms with Crippen LogP contribution < -0.4 is 5.32 Å². The fourth-order valence-corrected chi connectivity index (χ4v) is 2.14. The Morgan fingerprint density at radius 2 is 2.06 bits per heavy atom. The molecule has 1 aromatic carbocycles. The van der Waals surface area contributed by atoms with Gasteiger partial charge in [0, 0.05) is 6.04 Å². The summed E-state index contributed by atoms with van der Waals surface area (Å²) in [6.07, 6.45) is 2.41. The minimum absolute atomic E-state index is 0.166. The Balaban J connectivity index is 2.57. The summed E-state index contributed by atoms with van der Waals surface area (Å²) in [6, 6.07) is 7.96. The van der Waals surface area contributed by atoms with E-state index in [1.54, 1.807) is 0 Å². The van der Waals surface area contributed by atoms with E-state index in [9.17, 15) is 4.79 Å². The summed E-state index contributed by atoms with van der Waals surface area (Å²) in [6.45, 7) is 6.13. The molecule has 0 aliphatic carbocycles. The number of aryl methyl sites for hydroxylation is 1. The van der Waals surface area contributed by atoms with E-state index < -0.39 is 12.0 Å². The molecule has 3 heteroatoms. The predicted molar refractivity (Wildman–Crippen MR) is 73.8 cm³/mol. The molecule has 18 heavy (non-hydrogen) atoms. The van der Waals surface area contributed by atoms with Crippen LogP contribution in [-0.2, 0) is 11.2 Å². The van der Waals surface area contributed by atoms with E-state index in [1.807, 2.05) is 26.0 Å². The summed E-state index contributed by atoms with van der Waals surface area (Å²) in [7, 11) is 0. The molecule has 0 fully saturated rings. The van der Waals surface area contributed by atoms with E-state index in [1.165, 1.54) is 11.1 Å². The van der Waals surface area contributed by atoms with Crippen molar-refractivity contribution in [2.45, 2.75) is 52.1 Å². The first kappa shape index (κ1) is 14.7. The molecule has 0 saturated carbocycles. The third-order valence-corrected chi connectivity index (χ3v) is 3.15. The lowest BCUT2D eigenvalue weighted by Crippen LogP contribution is -2.42. The Hall–Kier alpha value is -1.35. The molecule has 2 N–H and O–H groups in total. The lowest BCUT2D eigenvalue weighted by atomic mass is 10.0. The SMILES string of the molecule is CCCC(NC(C)Cc1ccccc1C)C(=O)O. The van der Waals surface area contributed by atoms with Crippen molar-refractivity contribution in [1.82, 2.24) is 5.32 Å². The van der Waals surface area contributed by atoms with Crippen LogP contribution in [0.5, 0.6) is 0 Å². The number of carboxylic acids is 1. The van der Waals surface area contributed by atoms with Crippen LogP contribution in [0, 0.1) is 6.92 Å². The molecule has 0 saturated heterocycles. The van der Waals surface area contributed by atoms with Gasteiger partial charge in [0.2, 0.25) is 0 Å². The van der Waals surface area contributed by atoms with Gasteiger partial charge >= 0.3 is 5.97 Å². The Morgan fingerprint density at radius 3 is 2.61 bits per heavy atom. The minimum Gasteiger partial charge on any atom is -0.480 e. The molecule has 1 aromatic rings. The molecule has 2 atom stereocenters. The molecule has 0 radical (unpaired) electrons. The first-order valence-electron chi connectivity index (χ1n) is 6.58. The Bertz CT molecular complexity index is 390. The summed E-state index contributed by atoms with van der Waals surface area (Å²) in [5.74, 6) is -0.756. The largest absolute Gasteiger partial charge is 0.480 e. The molecule has 0 aromatic heterocycles. The van der Waals surface area contributed by atoms with Gasteiger partial charge in [0.05, 0.1) is 0 Å². The quantitative estimate of drug-likeness (QED) is 0.781. The minimum atomic E-state index is -0.756. The summed E-state index contributed by atoms with van der Waals surface area (Å²) >= 11 is 0. The van der Waals surface area contributed by atoms with Gasteiger partial charge in [-0.05, 0) is 37.8 Å². The topological polar surface area (TPSA) is 49.3 Å². The fraction of sp³-hybridized carbons (Fsp3) is 0.533. The zero-order chi connectivity index (χ0) is 13.5. The molecular formula is C15H23NO2. The molecule has 2 unspecified atom stereocenters. The van der Waals surface area contributed by atoms with Crippen molar-refractivity contribution >= 4 is 5.97 Å². The first-order valence-corrected chi connectivity index (χ1v) is 6.58. The molecular weight excluding hydrogens is 226 g/mol. The third-order valence-electron chi connectivity index (χ3n) is 3.15. The normalized spacial score (nSPS) is 14.2. The van der Waals surface area contributed by atoms with E-state index in [-0.39, 0.29) is 6.04 Å². The van der Waals surface area contributed by atoms with Crippen molar-refractivity contribution in [2.24, 2.45) is 0 Å². The van der Waals surface area contributed by atoms with E-state index in [0.29, 0.717) is 6.42 Å². The van der Waals surface area contributed by atoms with Crippen molar-refractivity contribution in [3.8, 4) is 0 Å². The van der Waals surface area contributed by atoms with Crippen LogP contribution >= 0.6 is 0 Å². The molecule has 0 spiro atoms. The molecule has 0 heterocycles. The second-order valence-corrected chi connectivity index (χ2v) is 4.88. The van der Waals surface area contributed by atoms with Crippen LogP contribution in [0.25, 0.3) is 0 Å². The highest BCUT2D eigenvalue weighted by Crippen LogP contribution is 2.10. The third kappa shape index (κ3) is 4.49. The van der Waals surface area contributed by atoms with Gasteiger partial charge in [-0.1, -0.05) is 37.6 Å². The number of benzene rings is 1. The maximum Gasteiger partial charge on any atom is 0.320 e. The highest BCUT2D eigenvalue weighted by molar-refractivity contribution is 5.73. The number of carbonyl (C=O) groups is 1. The molecule has 0 aliphatic rings. The van der Waals surface area contributed by atoms with Gasteiger partial charge in [-0.25, -0.2) is 0 Å². The average molecular weight is 249 g/mol. The average Bonchev–Trinajstić information content (AvgIpc) is 2.31. The number of rotatable bonds is 7. The van der Waals surface area contributed by atoms with Gasteiger partial charge in [-0.2, -0.15) is 0 Å². The number of carboxylic acid groups (broad SMARTS) is 1. The van der Waals surface area contributed by atoms with Gasteiger partial charge in [-0.3, -0.25) is 4.79 Å². The van der Waals surface area contributed by atoms with Crippen LogP contribution in [-0.4, -0.2) is 23.2 Å². The predicted octanol–water partition coefficient (Wildman–Crippen LogP) is 2.77. The highest BCUT2D eigenvalue weighted by atomic mass is 16.4. The fourth-order valence-electron chi connectivity index (χ4n) is 2.14. The van der Waals surface area contributed by atoms with E-state index in [0.717, 1.165) is 12.8 Å². The van der Waals surface area contributed by atoms with Crippen molar-refractivity contribution < 1.29 is 9.90 Å². The van der Waals surface area contributed by atoms with Crippen molar-refractivity contribution in [3.05, 3.63) is 35.4 Å². The maximum absolute atomic E-state index is 11.1. The second-order valence-electron chi connectivity index (χ2n) is 4.88. The maximum atomic E-state index is 11.1. The summed E-state index contributed by atoms with van der Waals surface area (Å²) in [4.78, 5) is 11.1. The Morgan fingerprint density at radius 1 is 1.39 bits per heavy atom. The van der Waals surface area contributed by atoms with Crippen LogP contribution in [0.3, 0.4) is 0 Å². The lowest BCUT2D eigenvalue weighted by Gasteiger charge is -2.20. The second kappa shape index (κ2) is 7.17. The number of aliphatic carboxylic acids is 1. The van der Waals surface area contributed by atoms with Gasteiger partial charge in [0.15, 0.2) is 0 Å². The zero-order valence-electron chi connectivity index (χ0n) is 11.4. The van der Waals surface area contributed by atoms with Gasteiger partial charge in [0.25, 0.3) is 0 Å². The summed E-state index contributed by atoms with van der Waals surface area (Å²) in [5.41, 5.74) is 2.53. The molecule has 3 nitrogen and oxygen atoms in total. The Labute approximate surface area is 109 Å². The lowest BCUT2D eigenvalue weighted by molar-refractivity contribution is -0.139.